The Morgan fingerprint density at radius 1 is 1.04 bits per heavy atom. The van der Waals surface area contributed by atoms with Gasteiger partial charge in [-0.1, -0.05) is 0 Å². The van der Waals surface area contributed by atoms with Crippen LogP contribution in [-0.4, -0.2) is 65.1 Å². The third kappa shape index (κ3) is 3.60. The highest BCUT2D eigenvalue weighted by molar-refractivity contribution is 7.89. The highest BCUT2D eigenvalue weighted by Gasteiger charge is 2.30. The van der Waals surface area contributed by atoms with E-state index in [4.69, 9.17) is 0 Å². The van der Waals surface area contributed by atoms with Crippen molar-refractivity contribution in [1.29, 1.82) is 0 Å². The molecule has 8 heteroatoms. The molecule has 3 heterocycles. The van der Waals surface area contributed by atoms with Gasteiger partial charge in [-0.15, -0.1) is 0 Å². The van der Waals surface area contributed by atoms with Crippen LogP contribution >= 0.6 is 0 Å². The standard InChI is InChI=1S/C15H21N5O2S/c1-18-15(4-8-17-18)23(21,22)20-12-10-19(11-13-20)9-5-14-2-6-16-7-3-14/h2-4,6-8H,5,9-13H2,1H3. The fourth-order valence-electron chi connectivity index (χ4n) is 2.78. The molecule has 2 aromatic rings. The maximum Gasteiger partial charge on any atom is 0.260 e. The lowest BCUT2D eigenvalue weighted by atomic mass is 10.2. The van der Waals surface area contributed by atoms with Gasteiger partial charge in [0.2, 0.25) is 0 Å². The van der Waals surface area contributed by atoms with E-state index in [2.05, 4.69) is 15.0 Å². The van der Waals surface area contributed by atoms with Gasteiger partial charge in [0.1, 0.15) is 0 Å². The first-order valence-corrected chi connectivity index (χ1v) is 9.11. The van der Waals surface area contributed by atoms with Crippen LogP contribution in [0.5, 0.6) is 0 Å². The molecule has 0 atom stereocenters. The Labute approximate surface area is 136 Å². The molecule has 1 aliphatic rings. The number of piperazine rings is 1. The minimum absolute atomic E-state index is 0.253. The summed E-state index contributed by atoms with van der Waals surface area (Å²) in [7, 11) is -1.79. The number of hydrogen-bond acceptors (Lipinski definition) is 5. The smallest absolute Gasteiger partial charge is 0.260 e. The van der Waals surface area contributed by atoms with Crippen LogP contribution in [0.25, 0.3) is 0 Å². The van der Waals surface area contributed by atoms with Crippen molar-refractivity contribution in [1.82, 2.24) is 24.0 Å². The number of aryl methyl sites for hydroxylation is 1. The van der Waals surface area contributed by atoms with Crippen LogP contribution in [0.3, 0.4) is 0 Å². The van der Waals surface area contributed by atoms with Crippen molar-refractivity contribution in [2.24, 2.45) is 7.05 Å². The minimum Gasteiger partial charge on any atom is -0.300 e. The van der Waals surface area contributed by atoms with Crippen LogP contribution < -0.4 is 0 Å². The molecule has 0 radical (unpaired) electrons. The first-order chi connectivity index (χ1) is 11.1. The molecule has 2 aromatic heterocycles. The summed E-state index contributed by atoms with van der Waals surface area (Å²) in [6.45, 7) is 3.47. The van der Waals surface area contributed by atoms with Crippen LogP contribution in [-0.2, 0) is 23.5 Å². The Kier molecular flexibility index (Phi) is 4.74. The summed E-state index contributed by atoms with van der Waals surface area (Å²) >= 11 is 0. The maximum atomic E-state index is 12.6. The predicted molar refractivity (Wildman–Crippen MR) is 86.3 cm³/mol. The molecule has 0 N–H and O–H groups in total. The van der Waals surface area contributed by atoms with Crippen LogP contribution in [0, 0.1) is 0 Å². The van der Waals surface area contributed by atoms with Crippen molar-refractivity contribution in [2.75, 3.05) is 32.7 Å². The first kappa shape index (κ1) is 16.1. The molecular weight excluding hydrogens is 314 g/mol. The SMILES string of the molecule is Cn1nccc1S(=O)(=O)N1CCN(CCc2ccncc2)CC1. The molecule has 7 nitrogen and oxygen atoms in total. The lowest BCUT2D eigenvalue weighted by Crippen LogP contribution is -2.49. The second kappa shape index (κ2) is 6.77. The number of aromatic nitrogens is 3. The fourth-order valence-corrected chi connectivity index (χ4v) is 4.30. The van der Waals surface area contributed by atoms with E-state index in [0.717, 1.165) is 26.1 Å². The van der Waals surface area contributed by atoms with Gasteiger partial charge in [-0.25, -0.2) is 8.42 Å². The van der Waals surface area contributed by atoms with Gasteiger partial charge in [-0.2, -0.15) is 9.40 Å². The zero-order valence-electron chi connectivity index (χ0n) is 13.2. The highest BCUT2D eigenvalue weighted by atomic mass is 32.2. The van der Waals surface area contributed by atoms with E-state index in [1.54, 1.807) is 29.8 Å². The maximum absolute atomic E-state index is 12.6. The largest absolute Gasteiger partial charge is 0.300 e. The summed E-state index contributed by atoms with van der Waals surface area (Å²) in [5.74, 6) is 0. The fraction of sp³-hybridized carbons (Fsp3) is 0.467. The predicted octanol–water partition coefficient (Wildman–Crippen LogP) is 0.364. The first-order valence-electron chi connectivity index (χ1n) is 7.67. The summed E-state index contributed by atoms with van der Waals surface area (Å²) in [4.78, 5) is 6.32. The Hall–Kier alpha value is -1.77. The van der Waals surface area contributed by atoms with E-state index < -0.39 is 10.0 Å². The average Bonchev–Trinajstić information content (AvgIpc) is 3.01. The quantitative estimate of drug-likeness (QED) is 0.789. The van der Waals surface area contributed by atoms with Gasteiger partial charge in [0.25, 0.3) is 10.0 Å². The molecular formula is C15H21N5O2S. The third-order valence-corrected chi connectivity index (χ3v) is 6.15. The topological polar surface area (TPSA) is 71.3 Å². The molecule has 0 aromatic carbocycles. The Morgan fingerprint density at radius 2 is 1.74 bits per heavy atom. The van der Waals surface area contributed by atoms with Gasteiger partial charge in [0.15, 0.2) is 5.03 Å². The van der Waals surface area contributed by atoms with Gasteiger partial charge in [-0.3, -0.25) is 9.67 Å². The zero-order valence-corrected chi connectivity index (χ0v) is 14.0. The highest BCUT2D eigenvalue weighted by Crippen LogP contribution is 2.16. The van der Waals surface area contributed by atoms with Crippen LogP contribution in [0.4, 0.5) is 0 Å². The minimum atomic E-state index is -3.44. The van der Waals surface area contributed by atoms with Gasteiger partial charge in [0, 0.05) is 52.2 Å². The summed E-state index contributed by atoms with van der Waals surface area (Å²) in [5.41, 5.74) is 1.25. The number of pyridine rings is 1. The molecule has 1 fully saturated rings. The van der Waals surface area contributed by atoms with Gasteiger partial charge < -0.3 is 4.90 Å². The normalized spacial score (nSPS) is 17.4. The average molecular weight is 335 g/mol. The van der Waals surface area contributed by atoms with Gasteiger partial charge in [0.05, 0.1) is 6.20 Å². The summed E-state index contributed by atoms with van der Waals surface area (Å²) in [6.07, 6.45) is 6.07. The Balaban J connectivity index is 1.55. The number of rotatable bonds is 5. The molecule has 23 heavy (non-hydrogen) atoms. The summed E-state index contributed by atoms with van der Waals surface area (Å²) in [6, 6.07) is 5.58. The van der Waals surface area contributed by atoms with Crippen LogP contribution in [0.2, 0.25) is 0 Å². The molecule has 0 amide bonds. The molecule has 0 unspecified atom stereocenters. The molecule has 0 aliphatic carbocycles. The van der Waals surface area contributed by atoms with E-state index >= 15 is 0 Å². The Morgan fingerprint density at radius 3 is 2.35 bits per heavy atom. The molecule has 124 valence electrons. The lowest BCUT2D eigenvalue weighted by Gasteiger charge is -2.33. The van der Waals surface area contributed by atoms with Gasteiger partial charge in [-0.05, 0) is 30.2 Å². The molecule has 0 saturated carbocycles. The molecule has 1 aliphatic heterocycles. The van der Waals surface area contributed by atoms with E-state index in [9.17, 15) is 8.42 Å². The van der Waals surface area contributed by atoms with E-state index in [1.807, 2.05) is 12.1 Å². The van der Waals surface area contributed by atoms with Gasteiger partial charge >= 0.3 is 0 Å². The van der Waals surface area contributed by atoms with Crippen molar-refractivity contribution in [3.05, 3.63) is 42.4 Å². The lowest BCUT2D eigenvalue weighted by molar-refractivity contribution is 0.189. The Bertz CT molecular complexity index is 736. The molecule has 1 saturated heterocycles. The molecule has 3 rings (SSSR count). The summed E-state index contributed by atoms with van der Waals surface area (Å²) in [5, 5.41) is 4.20. The van der Waals surface area contributed by atoms with Crippen LogP contribution in [0.1, 0.15) is 5.56 Å². The van der Waals surface area contributed by atoms with Crippen LogP contribution in [0.15, 0.2) is 41.8 Å². The van der Waals surface area contributed by atoms with Crippen molar-refractivity contribution < 1.29 is 8.42 Å². The van der Waals surface area contributed by atoms with Crippen molar-refractivity contribution >= 4 is 10.0 Å². The summed E-state index contributed by atoms with van der Waals surface area (Å²) < 4.78 is 28.1. The van der Waals surface area contributed by atoms with E-state index in [-0.39, 0.29) is 5.03 Å². The monoisotopic (exact) mass is 335 g/mol. The number of hydrogen-bond donors (Lipinski definition) is 0. The second-order valence-corrected chi connectivity index (χ2v) is 7.53. The molecule has 0 bridgehead atoms. The van der Waals surface area contributed by atoms with Crippen molar-refractivity contribution in [3.8, 4) is 0 Å². The van der Waals surface area contributed by atoms with Crippen molar-refractivity contribution in [2.45, 2.75) is 11.4 Å². The second-order valence-electron chi connectivity index (χ2n) is 5.64. The number of sulfonamides is 1. The number of nitrogens with zero attached hydrogens (tertiary/aromatic N) is 5. The van der Waals surface area contributed by atoms with E-state index in [1.165, 1.54) is 16.4 Å². The van der Waals surface area contributed by atoms with Crippen molar-refractivity contribution in [3.63, 3.8) is 0 Å². The van der Waals surface area contributed by atoms with E-state index in [0.29, 0.717) is 13.1 Å². The zero-order chi connectivity index (χ0) is 16.3. The molecule has 0 spiro atoms. The third-order valence-electron chi connectivity index (χ3n) is 4.18.